The summed E-state index contributed by atoms with van der Waals surface area (Å²) in [6.45, 7) is -0.384. The standard InChI is InChI=1S/C10H11BO5S/c11-7-8-2-1-3-9(6-8)10(12)16-4-5-17(13,14)15/h1-3,6H,4-5,7H2,(H,13,14,15). The summed E-state index contributed by atoms with van der Waals surface area (Å²) in [5.74, 6) is -1.26. The van der Waals surface area contributed by atoms with Gasteiger partial charge in [-0.2, -0.15) is 8.42 Å². The lowest BCUT2D eigenvalue weighted by Gasteiger charge is -2.04. The summed E-state index contributed by atoms with van der Waals surface area (Å²) < 4.78 is 33.9. The Labute approximate surface area is 101 Å². The smallest absolute Gasteiger partial charge is 0.338 e. The lowest BCUT2D eigenvalue weighted by atomic mass is 9.96. The average molecular weight is 254 g/mol. The van der Waals surface area contributed by atoms with Gasteiger partial charge in [-0.05, 0) is 12.1 Å². The van der Waals surface area contributed by atoms with Gasteiger partial charge in [-0.1, -0.05) is 24.0 Å². The van der Waals surface area contributed by atoms with E-state index in [2.05, 4.69) is 4.74 Å². The SMILES string of the molecule is [B]Cc1cccc(C(=O)OCCS(=O)(=O)O)c1. The summed E-state index contributed by atoms with van der Waals surface area (Å²) in [7, 11) is 1.30. The van der Waals surface area contributed by atoms with Crippen molar-refractivity contribution < 1.29 is 22.5 Å². The van der Waals surface area contributed by atoms with Crippen molar-refractivity contribution in [3.8, 4) is 0 Å². The quantitative estimate of drug-likeness (QED) is 0.467. The Kier molecular flexibility index (Phi) is 4.71. The summed E-state index contributed by atoms with van der Waals surface area (Å²) in [6.07, 6.45) is 0.298. The van der Waals surface area contributed by atoms with Gasteiger partial charge < -0.3 is 4.74 Å². The fourth-order valence-corrected chi connectivity index (χ4v) is 1.44. The van der Waals surface area contributed by atoms with Crippen LogP contribution in [0.5, 0.6) is 0 Å². The van der Waals surface area contributed by atoms with Crippen LogP contribution in [-0.4, -0.2) is 39.1 Å². The van der Waals surface area contributed by atoms with Gasteiger partial charge in [0.1, 0.15) is 12.4 Å². The molecular formula is C10H11BO5S. The molecule has 0 amide bonds. The van der Waals surface area contributed by atoms with Crippen molar-refractivity contribution in [1.82, 2.24) is 0 Å². The maximum atomic E-state index is 11.5. The van der Waals surface area contributed by atoms with Crippen LogP contribution in [0.1, 0.15) is 15.9 Å². The van der Waals surface area contributed by atoms with Crippen LogP contribution in [-0.2, 0) is 21.2 Å². The van der Waals surface area contributed by atoms with E-state index in [1.54, 1.807) is 18.2 Å². The molecule has 2 radical (unpaired) electrons. The Morgan fingerprint density at radius 1 is 1.41 bits per heavy atom. The Bertz CT molecular complexity index is 497. The Balaban J connectivity index is 2.58. The third-order valence-electron chi connectivity index (χ3n) is 1.97. The first kappa shape index (κ1) is 13.7. The molecule has 90 valence electrons. The molecule has 17 heavy (non-hydrogen) atoms. The number of rotatable bonds is 5. The molecule has 0 saturated heterocycles. The third kappa shape index (κ3) is 5.01. The van der Waals surface area contributed by atoms with Gasteiger partial charge in [0.25, 0.3) is 10.1 Å². The molecule has 0 aliphatic rings. The molecule has 5 nitrogen and oxygen atoms in total. The third-order valence-corrected chi connectivity index (χ3v) is 2.66. The van der Waals surface area contributed by atoms with Crippen molar-refractivity contribution in [2.75, 3.05) is 12.4 Å². The summed E-state index contributed by atoms with van der Waals surface area (Å²) in [4.78, 5) is 11.5. The number of esters is 1. The minimum Gasteiger partial charge on any atom is -0.461 e. The van der Waals surface area contributed by atoms with Crippen molar-refractivity contribution >= 4 is 23.9 Å². The lowest BCUT2D eigenvalue weighted by Crippen LogP contribution is -2.14. The van der Waals surface area contributed by atoms with Crippen molar-refractivity contribution in [3.05, 3.63) is 35.4 Å². The molecule has 7 heteroatoms. The van der Waals surface area contributed by atoms with Gasteiger partial charge >= 0.3 is 5.97 Å². The molecule has 0 unspecified atom stereocenters. The summed E-state index contributed by atoms with van der Waals surface area (Å²) >= 11 is 0. The zero-order chi connectivity index (χ0) is 12.9. The van der Waals surface area contributed by atoms with E-state index >= 15 is 0 Å². The summed E-state index contributed by atoms with van der Waals surface area (Å²) in [5, 5.41) is 0. The van der Waals surface area contributed by atoms with Crippen LogP contribution in [0, 0.1) is 0 Å². The topological polar surface area (TPSA) is 80.7 Å². The van der Waals surface area contributed by atoms with Gasteiger partial charge in [-0.3, -0.25) is 4.55 Å². The molecule has 0 aliphatic carbocycles. The second-order valence-corrected chi connectivity index (χ2v) is 4.90. The molecule has 0 aliphatic heterocycles. The van der Waals surface area contributed by atoms with Crippen LogP contribution in [0.4, 0.5) is 0 Å². The second-order valence-electron chi connectivity index (χ2n) is 3.33. The predicted molar refractivity (Wildman–Crippen MR) is 62.6 cm³/mol. The summed E-state index contributed by atoms with van der Waals surface area (Å²) in [6, 6.07) is 6.52. The zero-order valence-electron chi connectivity index (χ0n) is 9.00. The van der Waals surface area contributed by atoms with Crippen LogP contribution in [0.15, 0.2) is 24.3 Å². The van der Waals surface area contributed by atoms with Crippen molar-refractivity contribution in [2.45, 2.75) is 6.32 Å². The van der Waals surface area contributed by atoms with Gasteiger partial charge in [0.2, 0.25) is 0 Å². The molecule has 0 spiro atoms. The number of carbonyl (C=O) groups is 1. The van der Waals surface area contributed by atoms with Gasteiger partial charge in [0.05, 0.1) is 13.4 Å². The second kappa shape index (κ2) is 5.83. The van der Waals surface area contributed by atoms with E-state index in [-0.39, 0.29) is 6.61 Å². The number of carbonyl (C=O) groups excluding carboxylic acids is 1. The van der Waals surface area contributed by atoms with Crippen LogP contribution in [0.2, 0.25) is 0 Å². The minimum absolute atomic E-state index is 0.295. The molecular weight excluding hydrogens is 243 g/mol. The molecule has 1 aromatic carbocycles. The van der Waals surface area contributed by atoms with Crippen molar-refractivity contribution in [1.29, 1.82) is 0 Å². The molecule has 1 aromatic rings. The number of ether oxygens (including phenoxy) is 1. The molecule has 0 fully saturated rings. The number of benzene rings is 1. The molecule has 1 rings (SSSR count). The van der Waals surface area contributed by atoms with Gasteiger partial charge in [0, 0.05) is 0 Å². The Hall–Kier alpha value is -1.34. The van der Waals surface area contributed by atoms with E-state index in [0.29, 0.717) is 11.9 Å². The number of hydrogen-bond donors (Lipinski definition) is 1. The van der Waals surface area contributed by atoms with Gasteiger partial charge in [-0.15, -0.1) is 0 Å². The monoisotopic (exact) mass is 254 g/mol. The van der Waals surface area contributed by atoms with E-state index in [1.165, 1.54) is 6.07 Å². The molecule has 0 aromatic heterocycles. The van der Waals surface area contributed by atoms with Gasteiger partial charge in [-0.25, -0.2) is 4.79 Å². The maximum Gasteiger partial charge on any atom is 0.338 e. The van der Waals surface area contributed by atoms with E-state index < -0.39 is 21.8 Å². The molecule has 0 atom stereocenters. The Morgan fingerprint density at radius 2 is 2.12 bits per heavy atom. The summed E-state index contributed by atoms with van der Waals surface area (Å²) in [5.41, 5.74) is 1.07. The fourth-order valence-electron chi connectivity index (χ4n) is 1.15. The van der Waals surface area contributed by atoms with E-state index in [4.69, 9.17) is 12.4 Å². The van der Waals surface area contributed by atoms with Crippen molar-refractivity contribution in [3.63, 3.8) is 0 Å². The highest BCUT2D eigenvalue weighted by Crippen LogP contribution is 2.06. The van der Waals surface area contributed by atoms with Crippen LogP contribution in [0.25, 0.3) is 0 Å². The van der Waals surface area contributed by atoms with Crippen LogP contribution in [0.3, 0.4) is 0 Å². The first-order chi connectivity index (χ1) is 7.92. The van der Waals surface area contributed by atoms with E-state index in [9.17, 15) is 13.2 Å². The maximum absolute atomic E-state index is 11.5. The largest absolute Gasteiger partial charge is 0.461 e. The van der Waals surface area contributed by atoms with E-state index in [1.807, 2.05) is 0 Å². The zero-order valence-corrected chi connectivity index (χ0v) is 9.81. The average Bonchev–Trinajstić information content (AvgIpc) is 2.27. The highest BCUT2D eigenvalue weighted by atomic mass is 32.2. The predicted octanol–water partition coefficient (Wildman–Crippen LogP) is 0.400. The molecule has 0 heterocycles. The van der Waals surface area contributed by atoms with Crippen molar-refractivity contribution in [2.24, 2.45) is 0 Å². The van der Waals surface area contributed by atoms with Gasteiger partial charge in [0.15, 0.2) is 0 Å². The molecule has 0 bridgehead atoms. The van der Waals surface area contributed by atoms with E-state index in [0.717, 1.165) is 5.56 Å². The molecule has 1 N–H and O–H groups in total. The minimum atomic E-state index is -4.11. The normalized spacial score (nSPS) is 11.1. The first-order valence-corrected chi connectivity index (χ1v) is 6.44. The lowest BCUT2D eigenvalue weighted by molar-refractivity contribution is 0.0528. The Morgan fingerprint density at radius 3 is 2.71 bits per heavy atom. The highest BCUT2D eigenvalue weighted by Gasteiger charge is 2.10. The highest BCUT2D eigenvalue weighted by molar-refractivity contribution is 7.85. The van der Waals surface area contributed by atoms with Crippen LogP contribution < -0.4 is 0 Å². The first-order valence-electron chi connectivity index (χ1n) is 4.83. The fraction of sp³-hybridized carbons (Fsp3) is 0.300. The van der Waals surface area contributed by atoms with Crippen LogP contribution >= 0.6 is 0 Å². The molecule has 0 saturated carbocycles. The number of hydrogen-bond acceptors (Lipinski definition) is 4.